The van der Waals surface area contributed by atoms with E-state index >= 15 is 0 Å². The molecule has 0 bridgehead atoms. The second kappa shape index (κ2) is 8.44. The molecule has 5 rings (SSSR count). The summed E-state index contributed by atoms with van der Waals surface area (Å²) in [7, 11) is 1.63. The summed E-state index contributed by atoms with van der Waals surface area (Å²) in [5.41, 5.74) is 8.87. The van der Waals surface area contributed by atoms with Crippen LogP contribution in [0, 0.1) is 6.92 Å². The molecule has 0 radical (unpaired) electrons. The highest BCUT2D eigenvalue weighted by atomic mass is 35.5. The zero-order chi connectivity index (χ0) is 23.3. The third-order valence-electron chi connectivity index (χ3n) is 5.96. The summed E-state index contributed by atoms with van der Waals surface area (Å²) in [6, 6.07) is 9.26. The first-order valence-electron chi connectivity index (χ1n) is 10.7. The molecule has 0 spiro atoms. The molecule has 0 unspecified atom stereocenters. The van der Waals surface area contributed by atoms with Crippen molar-refractivity contribution in [3.05, 3.63) is 79.0 Å². The highest BCUT2D eigenvalue weighted by molar-refractivity contribution is 7.19. The molecule has 0 aliphatic heterocycles. The van der Waals surface area contributed by atoms with Crippen molar-refractivity contribution in [3.63, 3.8) is 0 Å². The Bertz CT molecular complexity index is 1480. The first-order chi connectivity index (χ1) is 15.8. The van der Waals surface area contributed by atoms with E-state index in [0.717, 1.165) is 50.4 Å². The lowest BCUT2D eigenvalue weighted by Crippen LogP contribution is -2.43. The molecule has 0 saturated heterocycles. The summed E-state index contributed by atoms with van der Waals surface area (Å²) in [5.74, 6) is 0.798. The van der Waals surface area contributed by atoms with E-state index in [1.54, 1.807) is 13.2 Å². The molecule has 1 aliphatic carbocycles. The van der Waals surface area contributed by atoms with E-state index in [4.69, 9.17) is 22.1 Å². The van der Waals surface area contributed by atoms with E-state index < -0.39 is 0 Å². The number of aryl methyl sites for hydroxylation is 2. The number of ether oxygens (including phenoxy) is 1. The first-order valence-corrected chi connectivity index (χ1v) is 11.9. The minimum absolute atomic E-state index is 0.0935. The third kappa shape index (κ3) is 4.10. The maximum absolute atomic E-state index is 12.5. The van der Waals surface area contributed by atoms with E-state index in [1.807, 2.05) is 31.2 Å². The Balaban J connectivity index is 1.60. The van der Waals surface area contributed by atoms with Crippen LogP contribution in [-0.4, -0.2) is 26.3 Å². The van der Waals surface area contributed by atoms with Gasteiger partial charge in [-0.05, 0) is 49.6 Å². The van der Waals surface area contributed by atoms with Crippen molar-refractivity contribution in [2.24, 2.45) is 12.8 Å². The quantitative estimate of drug-likeness (QED) is 0.468. The maximum Gasteiger partial charge on any atom is 0.331 e. The zero-order valence-corrected chi connectivity index (χ0v) is 19.8. The van der Waals surface area contributed by atoms with Crippen molar-refractivity contribution in [1.82, 2.24) is 14.1 Å². The van der Waals surface area contributed by atoms with Gasteiger partial charge < -0.3 is 15.0 Å². The van der Waals surface area contributed by atoms with Crippen molar-refractivity contribution < 1.29 is 4.74 Å². The number of hydrogen-bond acceptors (Lipinski definition) is 6. The van der Waals surface area contributed by atoms with Crippen LogP contribution in [0.1, 0.15) is 23.3 Å². The van der Waals surface area contributed by atoms with Crippen LogP contribution in [0.15, 0.2) is 52.3 Å². The predicted molar refractivity (Wildman–Crippen MR) is 131 cm³/mol. The van der Waals surface area contributed by atoms with Gasteiger partial charge in [0, 0.05) is 52.6 Å². The number of benzene rings is 1. The highest BCUT2D eigenvalue weighted by Crippen LogP contribution is 2.42. The molecule has 1 fully saturated rings. The van der Waals surface area contributed by atoms with Crippen LogP contribution < -0.4 is 21.7 Å². The van der Waals surface area contributed by atoms with Crippen molar-refractivity contribution in [1.29, 1.82) is 0 Å². The molecule has 3 aromatic heterocycles. The molecule has 3 heterocycles. The van der Waals surface area contributed by atoms with E-state index in [0.29, 0.717) is 5.02 Å². The van der Waals surface area contributed by atoms with Gasteiger partial charge in [-0.2, -0.15) is 0 Å². The fraction of sp³-hybridized carbons (Fsp3) is 0.292. The third-order valence-corrected chi connectivity index (χ3v) is 7.32. The largest absolute Gasteiger partial charge is 0.489 e. The Morgan fingerprint density at radius 3 is 2.76 bits per heavy atom. The molecular formula is C24H23ClN4O3S. The summed E-state index contributed by atoms with van der Waals surface area (Å²) < 4.78 is 9.91. The van der Waals surface area contributed by atoms with E-state index in [9.17, 15) is 9.59 Å². The Labute approximate surface area is 199 Å². The molecule has 1 saturated carbocycles. The summed E-state index contributed by atoms with van der Waals surface area (Å²) in [6.07, 6.45) is 4.98. The summed E-state index contributed by atoms with van der Waals surface area (Å²) in [6.45, 7) is 2.17. The SMILES string of the molecule is Cc1cc(Cl)cc(-c2ccnc3cc(Cn4c(=O)ccn(C)c4=O)sc23)c1O[C@H]1C[C@H](N)C1. The lowest BCUT2D eigenvalue weighted by atomic mass is 9.90. The van der Waals surface area contributed by atoms with Crippen LogP contribution >= 0.6 is 22.9 Å². The number of pyridine rings is 1. The van der Waals surface area contributed by atoms with Gasteiger partial charge in [-0.1, -0.05) is 11.6 Å². The number of hydrogen-bond donors (Lipinski definition) is 1. The highest BCUT2D eigenvalue weighted by Gasteiger charge is 2.29. The molecule has 9 heteroatoms. The monoisotopic (exact) mass is 482 g/mol. The predicted octanol–water partition coefficient (Wildman–Crippen LogP) is 3.70. The maximum atomic E-state index is 12.5. The molecule has 0 amide bonds. The van der Waals surface area contributed by atoms with E-state index in [2.05, 4.69) is 4.98 Å². The van der Waals surface area contributed by atoms with Gasteiger partial charge in [0.05, 0.1) is 16.8 Å². The molecule has 33 heavy (non-hydrogen) atoms. The number of aromatic nitrogens is 3. The average Bonchev–Trinajstić information content (AvgIpc) is 3.17. The van der Waals surface area contributed by atoms with Crippen LogP contribution in [0.5, 0.6) is 5.75 Å². The van der Waals surface area contributed by atoms with Crippen molar-refractivity contribution in [2.75, 3.05) is 0 Å². The smallest absolute Gasteiger partial charge is 0.331 e. The molecular weight excluding hydrogens is 460 g/mol. The molecule has 170 valence electrons. The van der Waals surface area contributed by atoms with Crippen LogP contribution in [0.25, 0.3) is 21.3 Å². The second-order valence-electron chi connectivity index (χ2n) is 8.49. The first kappa shape index (κ1) is 21.9. The Morgan fingerprint density at radius 2 is 2.00 bits per heavy atom. The lowest BCUT2D eigenvalue weighted by Gasteiger charge is -2.33. The van der Waals surface area contributed by atoms with E-state index in [-0.39, 0.29) is 29.9 Å². The molecule has 4 aromatic rings. The number of rotatable bonds is 5. The van der Waals surface area contributed by atoms with Crippen LogP contribution in [0.3, 0.4) is 0 Å². The molecule has 2 N–H and O–H groups in total. The minimum atomic E-state index is -0.354. The van der Waals surface area contributed by atoms with Gasteiger partial charge >= 0.3 is 5.69 Å². The summed E-state index contributed by atoms with van der Waals surface area (Å²) in [5, 5.41) is 0.626. The van der Waals surface area contributed by atoms with Gasteiger partial charge in [-0.3, -0.25) is 14.3 Å². The average molecular weight is 483 g/mol. The lowest BCUT2D eigenvalue weighted by molar-refractivity contribution is 0.101. The number of fused-ring (bicyclic) bond motifs is 1. The summed E-state index contributed by atoms with van der Waals surface area (Å²) in [4.78, 5) is 30.1. The van der Waals surface area contributed by atoms with Crippen LogP contribution in [0.2, 0.25) is 5.02 Å². The number of halogens is 1. The number of nitrogens with two attached hydrogens (primary N) is 1. The van der Waals surface area contributed by atoms with Crippen molar-refractivity contribution in [2.45, 2.75) is 38.5 Å². The number of thiophene rings is 1. The van der Waals surface area contributed by atoms with Gasteiger partial charge in [0.2, 0.25) is 0 Å². The van der Waals surface area contributed by atoms with Gasteiger partial charge in [0.25, 0.3) is 5.56 Å². The fourth-order valence-electron chi connectivity index (χ4n) is 4.15. The Kier molecular flexibility index (Phi) is 5.60. The van der Waals surface area contributed by atoms with Gasteiger partial charge in [0.1, 0.15) is 11.9 Å². The topological polar surface area (TPSA) is 92.1 Å². The van der Waals surface area contributed by atoms with Crippen LogP contribution in [0.4, 0.5) is 0 Å². The standard InChI is InChI=1S/C24H23ClN4O3S/c1-13-7-14(25)8-19(22(13)32-16-9-15(26)10-16)18-3-5-27-20-11-17(33-23(18)20)12-29-21(30)4-6-28(2)24(29)31/h3-8,11,15-16H,9-10,12,26H2,1-2H3/t15-,16-. The van der Waals surface area contributed by atoms with Gasteiger partial charge in [-0.15, -0.1) is 11.3 Å². The molecule has 7 nitrogen and oxygen atoms in total. The molecule has 1 aliphatic rings. The summed E-state index contributed by atoms with van der Waals surface area (Å²) >= 11 is 7.94. The fourth-order valence-corrected chi connectivity index (χ4v) is 5.55. The zero-order valence-electron chi connectivity index (χ0n) is 18.2. The van der Waals surface area contributed by atoms with Crippen molar-refractivity contribution >= 4 is 33.2 Å². The molecule has 0 atom stereocenters. The normalized spacial score (nSPS) is 17.8. The number of nitrogens with zero attached hydrogens (tertiary/aromatic N) is 3. The Hall–Kier alpha value is -2.94. The minimum Gasteiger partial charge on any atom is -0.489 e. The second-order valence-corrected chi connectivity index (χ2v) is 10.1. The Morgan fingerprint density at radius 1 is 1.21 bits per heavy atom. The van der Waals surface area contributed by atoms with Crippen LogP contribution in [-0.2, 0) is 13.6 Å². The van der Waals surface area contributed by atoms with Gasteiger partial charge in [-0.25, -0.2) is 4.79 Å². The van der Waals surface area contributed by atoms with Gasteiger partial charge in [0.15, 0.2) is 0 Å². The van der Waals surface area contributed by atoms with E-state index in [1.165, 1.54) is 32.7 Å². The molecule has 1 aromatic carbocycles. The van der Waals surface area contributed by atoms with Crippen molar-refractivity contribution in [3.8, 4) is 16.9 Å².